The fraction of sp³-hybridized carbons (Fsp3) is 0.500. The summed E-state index contributed by atoms with van der Waals surface area (Å²) >= 11 is 1.82. The second-order valence-electron chi connectivity index (χ2n) is 7.11. The Balaban J connectivity index is 1.70. The van der Waals surface area contributed by atoms with Crippen molar-refractivity contribution < 1.29 is 9.53 Å². The number of benzene rings is 1. The van der Waals surface area contributed by atoms with Gasteiger partial charge in [0.15, 0.2) is 0 Å². The maximum atomic E-state index is 12.7. The summed E-state index contributed by atoms with van der Waals surface area (Å²) in [6.07, 6.45) is 3.57. The van der Waals surface area contributed by atoms with E-state index in [4.69, 9.17) is 4.74 Å². The zero-order valence-corrected chi connectivity index (χ0v) is 17.2. The number of likely N-dealkylation sites (tertiary alicyclic amines) is 1. The fourth-order valence-electron chi connectivity index (χ4n) is 4.00. The summed E-state index contributed by atoms with van der Waals surface area (Å²) in [5.41, 5.74) is 1.01. The van der Waals surface area contributed by atoms with Crippen LogP contribution in [0.3, 0.4) is 0 Å². The standard InChI is InChI=1S/C22H30N2O2S/c1-3-22(25)24(18-8-5-4-6-9-18)19-11-13-23(20(16-19)17-26-2)14-12-21-10-7-15-27-21/h4-10,15,19-20H,3,11-14,16-17H2,1-2H3. The predicted molar refractivity (Wildman–Crippen MR) is 113 cm³/mol. The van der Waals surface area contributed by atoms with Gasteiger partial charge in [0.2, 0.25) is 5.91 Å². The molecule has 0 saturated carbocycles. The van der Waals surface area contributed by atoms with Crippen molar-refractivity contribution in [3.05, 3.63) is 52.7 Å². The lowest BCUT2D eigenvalue weighted by atomic mass is 9.94. The third-order valence-corrected chi connectivity index (χ3v) is 6.30. The van der Waals surface area contributed by atoms with E-state index in [9.17, 15) is 4.79 Å². The van der Waals surface area contributed by atoms with Crippen LogP contribution in [0.1, 0.15) is 31.1 Å². The first-order valence-electron chi connectivity index (χ1n) is 9.85. The number of ether oxygens (including phenoxy) is 1. The summed E-state index contributed by atoms with van der Waals surface area (Å²) < 4.78 is 5.53. The second kappa shape index (κ2) is 10.0. The van der Waals surface area contributed by atoms with E-state index in [1.807, 2.05) is 53.5 Å². The Kier molecular flexibility index (Phi) is 7.44. The summed E-state index contributed by atoms with van der Waals surface area (Å²) in [5.74, 6) is 0.203. The van der Waals surface area contributed by atoms with Crippen molar-refractivity contribution >= 4 is 22.9 Å². The number of carbonyl (C=O) groups excluding carboxylic acids is 1. The molecule has 1 amide bonds. The molecule has 1 aromatic carbocycles. The monoisotopic (exact) mass is 386 g/mol. The van der Waals surface area contributed by atoms with Crippen LogP contribution in [0.5, 0.6) is 0 Å². The lowest BCUT2D eigenvalue weighted by Crippen LogP contribution is -2.53. The SMILES string of the molecule is CCC(=O)N(c1ccccc1)C1CCN(CCc2cccs2)C(COC)C1. The van der Waals surface area contributed by atoms with Crippen molar-refractivity contribution in [2.75, 3.05) is 31.7 Å². The molecular formula is C22H30N2O2S. The van der Waals surface area contributed by atoms with Crippen LogP contribution in [0.4, 0.5) is 5.69 Å². The van der Waals surface area contributed by atoms with Crippen molar-refractivity contribution in [3.63, 3.8) is 0 Å². The zero-order chi connectivity index (χ0) is 19.1. The summed E-state index contributed by atoms with van der Waals surface area (Å²) in [5, 5.41) is 2.14. The molecule has 1 aromatic heterocycles. The number of anilines is 1. The van der Waals surface area contributed by atoms with E-state index in [2.05, 4.69) is 22.4 Å². The van der Waals surface area contributed by atoms with Crippen molar-refractivity contribution in [3.8, 4) is 0 Å². The van der Waals surface area contributed by atoms with Crippen molar-refractivity contribution in [2.24, 2.45) is 0 Å². The Hall–Kier alpha value is -1.69. The van der Waals surface area contributed by atoms with Gasteiger partial charge in [0.25, 0.3) is 0 Å². The Morgan fingerprint density at radius 2 is 2.07 bits per heavy atom. The van der Waals surface area contributed by atoms with Gasteiger partial charge >= 0.3 is 0 Å². The lowest BCUT2D eigenvalue weighted by Gasteiger charge is -2.43. The summed E-state index contributed by atoms with van der Waals surface area (Å²) in [7, 11) is 1.77. The fourth-order valence-corrected chi connectivity index (χ4v) is 4.70. The number of hydrogen-bond donors (Lipinski definition) is 0. The maximum absolute atomic E-state index is 12.7. The average Bonchev–Trinajstić information content (AvgIpc) is 3.22. The first-order valence-corrected chi connectivity index (χ1v) is 10.7. The number of piperidine rings is 1. The molecule has 0 N–H and O–H groups in total. The molecule has 27 heavy (non-hydrogen) atoms. The maximum Gasteiger partial charge on any atom is 0.226 e. The van der Waals surface area contributed by atoms with Crippen molar-refractivity contribution in [1.29, 1.82) is 0 Å². The van der Waals surface area contributed by atoms with Gasteiger partial charge in [-0.05, 0) is 42.8 Å². The van der Waals surface area contributed by atoms with Crippen LogP contribution in [-0.2, 0) is 16.0 Å². The second-order valence-corrected chi connectivity index (χ2v) is 8.14. The van der Waals surface area contributed by atoms with E-state index >= 15 is 0 Å². The molecule has 1 saturated heterocycles. The van der Waals surface area contributed by atoms with Crippen LogP contribution >= 0.6 is 11.3 Å². The highest BCUT2D eigenvalue weighted by Crippen LogP contribution is 2.28. The average molecular weight is 387 g/mol. The topological polar surface area (TPSA) is 32.8 Å². The Labute approximate surface area is 166 Å². The number of nitrogens with zero attached hydrogens (tertiary/aromatic N) is 2. The van der Waals surface area contributed by atoms with E-state index in [0.29, 0.717) is 19.1 Å². The molecule has 0 aliphatic carbocycles. The van der Waals surface area contributed by atoms with Crippen LogP contribution in [0, 0.1) is 0 Å². The van der Waals surface area contributed by atoms with E-state index < -0.39 is 0 Å². The van der Waals surface area contributed by atoms with E-state index in [1.165, 1.54) is 4.88 Å². The van der Waals surface area contributed by atoms with E-state index in [0.717, 1.165) is 38.0 Å². The van der Waals surface area contributed by atoms with Gasteiger partial charge in [0.05, 0.1) is 6.61 Å². The molecular weight excluding hydrogens is 356 g/mol. The van der Waals surface area contributed by atoms with Crippen LogP contribution < -0.4 is 4.90 Å². The molecule has 2 heterocycles. The van der Waals surface area contributed by atoms with Gasteiger partial charge < -0.3 is 9.64 Å². The van der Waals surface area contributed by atoms with Gasteiger partial charge in [-0.1, -0.05) is 31.2 Å². The minimum atomic E-state index is 0.203. The summed E-state index contributed by atoms with van der Waals surface area (Å²) in [4.78, 5) is 18.7. The number of amides is 1. The van der Waals surface area contributed by atoms with Crippen LogP contribution in [-0.4, -0.2) is 49.7 Å². The Morgan fingerprint density at radius 1 is 1.26 bits per heavy atom. The molecule has 3 rings (SSSR count). The molecule has 2 atom stereocenters. The number of thiophene rings is 1. The normalized spacial score (nSPS) is 20.5. The van der Waals surface area contributed by atoms with Crippen LogP contribution in [0.25, 0.3) is 0 Å². The quantitative estimate of drug-likeness (QED) is 0.681. The van der Waals surface area contributed by atoms with Gasteiger partial charge in [-0.15, -0.1) is 11.3 Å². The van der Waals surface area contributed by atoms with E-state index in [1.54, 1.807) is 7.11 Å². The smallest absolute Gasteiger partial charge is 0.226 e. The number of carbonyl (C=O) groups is 1. The highest BCUT2D eigenvalue weighted by Gasteiger charge is 2.33. The molecule has 4 nitrogen and oxygen atoms in total. The molecule has 0 spiro atoms. The molecule has 2 aromatic rings. The minimum Gasteiger partial charge on any atom is -0.383 e. The van der Waals surface area contributed by atoms with Gasteiger partial charge in [-0.2, -0.15) is 0 Å². The van der Waals surface area contributed by atoms with Gasteiger partial charge in [-0.25, -0.2) is 0 Å². The first kappa shape index (κ1) is 20.1. The molecule has 0 radical (unpaired) electrons. The van der Waals surface area contributed by atoms with Gasteiger partial charge in [-0.3, -0.25) is 9.69 Å². The number of para-hydroxylation sites is 1. The highest BCUT2D eigenvalue weighted by atomic mass is 32.1. The van der Waals surface area contributed by atoms with Crippen LogP contribution in [0.15, 0.2) is 47.8 Å². The first-order chi connectivity index (χ1) is 13.2. The minimum absolute atomic E-state index is 0.203. The zero-order valence-electron chi connectivity index (χ0n) is 16.3. The largest absolute Gasteiger partial charge is 0.383 e. The van der Waals surface area contributed by atoms with Gasteiger partial charge in [0.1, 0.15) is 0 Å². The highest BCUT2D eigenvalue weighted by molar-refractivity contribution is 7.09. The van der Waals surface area contributed by atoms with Gasteiger partial charge in [0, 0.05) is 49.3 Å². The molecule has 5 heteroatoms. The van der Waals surface area contributed by atoms with Crippen LogP contribution in [0.2, 0.25) is 0 Å². The molecule has 1 aliphatic rings. The van der Waals surface area contributed by atoms with Crippen molar-refractivity contribution in [1.82, 2.24) is 4.90 Å². The lowest BCUT2D eigenvalue weighted by molar-refractivity contribution is -0.119. The molecule has 146 valence electrons. The third kappa shape index (κ3) is 5.18. The van der Waals surface area contributed by atoms with Crippen molar-refractivity contribution in [2.45, 2.75) is 44.7 Å². The third-order valence-electron chi connectivity index (χ3n) is 5.37. The summed E-state index contributed by atoms with van der Waals surface area (Å²) in [6.45, 7) is 4.71. The number of rotatable bonds is 8. The molecule has 1 fully saturated rings. The number of hydrogen-bond acceptors (Lipinski definition) is 4. The molecule has 1 aliphatic heterocycles. The Bertz CT molecular complexity index is 690. The number of methoxy groups -OCH3 is 1. The predicted octanol–water partition coefficient (Wildman–Crippen LogP) is 4.21. The summed E-state index contributed by atoms with van der Waals surface area (Å²) in [6, 6.07) is 15.0. The Morgan fingerprint density at radius 3 is 2.74 bits per heavy atom. The molecule has 2 unspecified atom stereocenters. The molecule has 0 bridgehead atoms. The van der Waals surface area contributed by atoms with E-state index in [-0.39, 0.29) is 11.9 Å².